The summed E-state index contributed by atoms with van der Waals surface area (Å²) in [5.74, 6) is 0.221. The van der Waals surface area contributed by atoms with Crippen LogP contribution in [0.25, 0.3) is 0 Å². The van der Waals surface area contributed by atoms with E-state index in [4.69, 9.17) is 0 Å². The Morgan fingerprint density at radius 3 is 2.67 bits per heavy atom. The van der Waals surface area contributed by atoms with Crippen LogP contribution in [0.4, 0.5) is 4.79 Å². The van der Waals surface area contributed by atoms with Crippen LogP contribution in [-0.4, -0.2) is 58.9 Å². The van der Waals surface area contributed by atoms with Gasteiger partial charge in [-0.15, -0.1) is 0 Å². The third-order valence-electron chi connectivity index (χ3n) is 4.78. The lowest BCUT2D eigenvalue weighted by molar-refractivity contribution is 0.0827. The van der Waals surface area contributed by atoms with Gasteiger partial charge in [-0.1, -0.05) is 12.1 Å². The molecule has 1 saturated heterocycles. The lowest BCUT2D eigenvalue weighted by Gasteiger charge is -2.32. The first-order valence-corrected chi connectivity index (χ1v) is 9.14. The van der Waals surface area contributed by atoms with Gasteiger partial charge in [0.2, 0.25) is 0 Å². The van der Waals surface area contributed by atoms with E-state index < -0.39 is 0 Å². The predicted octanol–water partition coefficient (Wildman–Crippen LogP) is 2.27. The van der Waals surface area contributed by atoms with Crippen molar-refractivity contribution in [3.63, 3.8) is 0 Å². The minimum atomic E-state index is -0.0674. The summed E-state index contributed by atoms with van der Waals surface area (Å²) in [6.07, 6.45) is 5.29. The molecule has 1 aliphatic rings. The van der Waals surface area contributed by atoms with Crippen molar-refractivity contribution >= 4 is 11.9 Å². The minimum absolute atomic E-state index is 0.0327. The Bertz CT molecular complexity index is 777. The first-order valence-electron chi connectivity index (χ1n) is 9.14. The van der Waals surface area contributed by atoms with Gasteiger partial charge in [-0.2, -0.15) is 0 Å². The van der Waals surface area contributed by atoms with Crippen LogP contribution in [0.15, 0.2) is 42.9 Å². The first-order chi connectivity index (χ1) is 13.0. The molecular weight excluding hydrogens is 342 g/mol. The highest BCUT2D eigenvalue weighted by Gasteiger charge is 2.25. The van der Waals surface area contributed by atoms with Gasteiger partial charge < -0.3 is 15.1 Å². The van der Waals surface area contributed by atoms with Gasteiger partial charge in [0.15, 0.2) is 0 Å². The standard InChI is InChI=1S/C20H25N5O2/c1-24(2)19(26)16-7-5-15(6-8-16)12-22-20(27)25-11-3-4-17(13-25)18-9-10-21-14-23-18/h5-10,14,17H,3-4,11-13H2,1-2H3,(H,22,27). The summed E-state index contributed by atoms with van der Waals surface area (Å²) < 4.78 is 0. The van der Waals surface area contributed by atoms with Crippen LogP contribution < -0.4 is 5.32 Å². The van der Waals surface area contributed by atoms with E-state index in [1.807, 2.05) is 23.1 Å². The molecule has 1 aliphatic heterocycles. The Balaban J connectivity index is 1.53. The summed E-state index contributed by atoms with van der Waals surface area (Å²) in [6, 6.07) is 9.17. The molecule has 1 unspecified atom stereocenters. The highest BCUT2D eigenvalue weighted by Crippen LogP contribution is 2.25. The van der Waals surface area contributed by atoms with Crippen molar-refractivity contribution in [1.82, 2.24) is 25.1 Å². The second kappa shape index (κ2) is 8.62. The predicted molar refractivity (Wildman–Crippen MR) is 102 cm³/mol. The topological polar surface area (TPSA) is 78.4 Å². The molecule has 0 bridgehead atoms. The summed E-state index contributed by atoms with van der Waals surface area (Å²) in [5.41, 5.74) is 2.59. The van der Waals surface area contributed by atoms with Crippen molar-refractivity contribution in [2.75, 3.05) is 27.2 Å². The molecule has 2 aromatic rings. The maximum absolute atomic E-state index is 12.5. The lowest BCUT2D eigenvalue weighted by atomic mass is 9.95. The van der Waals surface area contributed by atoms with E-state index in [2.05, 4.69) is 15.3 Å². The average Bonchev–Trinajstić information content (AvgIpc) is 2.72. The monoisotopic (exact) mass is 367 g/mol. The van der Waals surface area contributed by atoms with E-state index in [1.165, 1.54) is 0 Å². The van der Waals surface area contributed by atoms with Crippen molar-refractivity contribution in [2.24, 2.45) is 0 Å². The van der Waals surface area contributed by atoms with Gasteiger partial charge in [0.25, 0.3) is 5.91 Å². The Hall–Kier alpha value is -2.96. The van der Waals surface area contributed by atoms with Gasteiger partial charge in [-0.05, 0) is 36.6 Å². The summed E-state index contributed by atoms with van der Waals surface area (Å²) in [7, 11) is 3.45. The SMILES string of the molecule is CN(C)C(=O)c1ccc(CNC(=O)N2CCCC(c3ccncn3)C2)cc1. The highest BCUT2D eigenvalue weighted by atomic mass is 16.2. The molecule has 3 amide bonds. The van der Waals surface area contributed by atoms with Crippen LogP contribution in [0.2, 0.25) is 0 Å². The number of aromatic nitrogens is 2. The molecular formula is C20H25N5O2. The average molecular weight is 367 g/mol. The quantitative estimate of drug-likeness (QED) is 0.899. The van der Waals surface area contributed by atoms with Crippen LogP contribution in [-0.2, 0) is 6.54 Å². The molecule has 0 radical (unpaired) electrons. The van der Waals surface area contributed by atoms with Crippen molar-refractivity contribution in [1.29, 1.82) is 0 Å². The summed E-state index contributed by atoms with van der Waals surface area (Å²) in [6.45, 7) is 1.85. The molecule has 7 nitrogen and oxygen atoms in total. The van der Waals surface area contributed by atoms with E-state index >= 15 is 0 Å². The third kappa shape index (κ3) is 4.81. The Kier molecular flexibility index (Phi) is 6.01. The second-order valence-electron chi connectivity index (χ2n) is 6.97. The molecule has 1 aromatic heterocycles. The number of hydrogen-bond acceptors (Lipinski definition) is 4. The fourth-order valence-corrected chi connectivity index (χ4v) is 3.26. The molecule has 3 rings (SSSR count). The number of nitrogens with one attached hydrogen (secondary N) is 1. The summed E-state index contributed by atoms with van der Waals surface area (Å²) in [4.78, 5) is 36.1. The number of benzene rings is 1. The second-order valence-corrected chi connectivity index (χ2v) is 6.97. The van der Waals surface area contributed by atoms with Crippen LogP contribution in [0.5, 0.6) is 0 Å². The van der Waals surface area contributed by atoms with Crippen molar-refractivity contribution in [3.05, 3.63) is 59.7 Å². The zero-order valence-corrected chi connectivity index (χ0v) is 15.8. The molecule has 7 heteroatoms. The smallest absolute Gasteiger partial charge is 0.317 e. The zero-order chi connectivity index (χ0) is 19.2. The van der Waals surface area contributed by atoms with Crippen LogP contribution in [0.1, 0.15) is 40.4 Å². The fourth-order valence-electron chi connectivity index (χ4n) is 3.26. The molecule has 0 saturated carbocycles. The van der Waals surface area contributed by atoms with E-state index in [9.17, 15) is 9.59 Å². The van der Waals surface area contributed by atoms with Crippen molar-refractivity contribution < 1.29 is 9.59 Å². The Morgan fingerprint density at radius 2 is 2.00 bits per heavy atom. The number of piperidine rings is 1. The van der Waals surface area contributed by atoms with E-state index in [1.54, 1.807) is 43.7 Å². The number of rotatable bonds is 4. The molecule has 0 aliphatic carbocycles. The molecule has 1 fully saturated rings. The highest BCUT2D eigenvalue weighted by molar-refractivity contribution is 5.93. The Morgan fingerprint density at radius 1 is 1.22 bits per heavy atom. The number of hydrogen-bond donors (Lipinski definition) is 1. The Labute approximate surface area is 159 Å². The number of amides is 3. The van der Waals surface area contributed by atoms with Crippen LogP contribution >= 0.6 is 0 Å². The van der Waals surface area contributed by atoms with Gasteiger partial charge in [0.05, 0.1) is 0 Å². The summed E-state index contributed by atoms with van der Waals surface area (Å²) in [5, 5.41) is 2.97. The molecule has 0 spiro atoms. The first kappa shape index (κ1) is 18.8. The number of nitrogens with zero attached hydrogens (tertiary/aromatic N) is 4. The van der Waals surface area contributed by atoms with Gasteiger partial charge in [0, 0.05) is 57.1 Å². The minimum Gasteiger partial charge on any atom is -0.345 e. The number of likely N-dealkylation sites (tertiary alicyclic amines) is 1. The van der Waals surface area contributed by atoms with Gasteiger partial charge in [-0.25, -0.2) is 14.8 Å². The molecule has 1 aromatic carbocycles. The summed E-state index contributed by atoms with van der Waals surface area (Å²) >= 11 is 0. The van der Waals surface area contributed by atoms with Gasteiger partial charge in [0.1, 0.15) is 6.33 Å². The molecule has 142 valence electrons. The van der Waals surface area contributed by atoms with E-state index in [0.717, 1.165) is 30.6 Å². The number of urea groups is 1. The van der Waals surface area contributed by atoms with Crippen LogP contribution in [0, 0.1) is 0 Å². The van der Waals surface area contributed by atoms with Gasteiger partial charge in [-0.3, -0.25) is 4.79 Å². The largest absolute Gasteiger partial charge is 0.345 e. The van der Waals surface area contributed by atoms with Crippen molar-refractivity contribution in [3.8, 4) is 0 Å². The normalized spacial score (nSPS) is 16.7. The maximum Gasteiger partial charge on any atom is 0.317 e. The number of carbonyl (C=O) groups is 2. The fraction of sp³-hybridized carbons (Fsp3) is 0.400. The van der Waals surface area contributed by atoms with Gasteiger partial charge >= 0.3 is 6.03 Å². The van der Waals surface area contributed by atoms with E-state index in [0.29, 0.717) is 18.7 Å². The van der Waals surface area contributed by atoms with Crippen molar-refractivity contribution in [2.45, 2.75) is 25.3 Å². The molecule has 27 heavy (non-hydrogen) atoms. The zero-order valence-electron chi connectivity index (χ0n) is 15.8. The number of carbonyl (C=O) groups excluding carboxylic acids is 2. The molecule has 1 atom stereocenters. The van der Waals surface area contributed by atoms with E-state index in [-0.39, 0.29) is 17.9 Å². The van der Waals surface area contributed by atoms with Crippen LogP contribution in [0.3, 0.4) is 0 Å². The molecule has 2 heterocycles. The maximum atomic E-state index is 12.5. The lowest BCUT2D eigenvalue weighted by Crippen LogP contribution is -2.44. The molecule has 1 N–H and O–H groups in total. The third-order valence-corrected chi connectivity index (χ3v) is 4.78.